The lowest BCUT2D eigenvalue weighted by Crippen LogP contribution is -2.41. The topological polar surface area (TPSA) is 58.1 Å². The van der Waals surface area contributed by atoms with Crippen molar-refractivity contribution in [2.75, 3.05) is 19.6 Å². The van der Waals surface area contributed by atoms with Crippen LogP contribution >= 0.6 is 23.2 Å². The van der Waals surface area contributed by atoms with Crippen LogP contribution < -0.4 is 5.32 Å². The van der Waals surface area contributed by atoms with E-state index in [2.05, 4.69) is 20.4 Å². The number of nitrogens with one attached hydrogen (secondary N) is 1. The molecule has 1 amide bonds. The van der Waals surface area contributed by atoms with Crippen molar-refractivity contribution >= 4 is 29.1 Å². The first kappa shape index (κ1) is 14.5. The van der Waals surface area contributed by atoms with Crippen molar-refractivity contribution in [1.29, 1.82) is 0 Å². The van der Waals surface area contributed by atoms with Crippen LogP contribution in [0.25, 0.3) is 0 Å². The number of aromatic nitrogens is 2. The number of nitrogens with zero attached hydrogens (tertiary/aromatic N) is 3. The van der Waals surface area contributed by atoms with Gasteiger partial charge in [0.1, 0.15) is 0 Å². The first-order chi connectivity index (χ1) is 9.06. The zero-order valence-electron chi connectivity index (χ0n) is 10.7. The van der Waals surface area contributed by atoms with Crippen molar-refractivity contribution in [2.24, 2.45) is 0 Å². The van der Waals surface area contributed by atoms with Crippen LogP contribution in [0.3, 0.4) is 0 Å². The Morgan fingerprint density at radius 2 is 2.11 bits per heavy atom. The van der Waals surface area contributed by atoms with Crippen LogP contribution in [0.2, 0.25) is 10.3 Å². The van der Waals surface area contributed by atoms with E-state index in [1.165, 1.54) is 18.9 Å². The summed E-state index contributed by atoms with van der Waals surface area (Å²) < 4.78 is 0. The summed E-state index contributed by atoms with van der Waals surface area (Å²) in [5, 5.41) is 10.3. The molecule has 1 unspecified atom stereocenters. The van der Waals surface area contributed by atoms with Crippen molar-refractivity contribution in [3.63, 3.8) is 0 Å². The lowest BCUT2D eigenvalue weighted by Gasteiger charge is -2.21. The minimum atomic E-state index is -0.270. The fraction of sp³-hybridized carbons (Fsp3) is 0.583. The molecular formula is C12H16Cl2N4O. The van der Waals surface area contributed by atoms with Crippen LogP contribution in [0.15, 0.2) is 6.07 Å². The highest BCUT2D eigenvalue weighted by Crippen LogP contribution is 2.15. The average molecular weight is 303 g/mol. The maximum Gasteiger partial charge on any atom is 0.254 e. The number of halogens is 2. The van der Waals surface area contributed by atoms with Gasteiger partial charge in [0.05, 0.1) is 5.56 Å². The summed E-state index contributed by atoms with van der Waals surface area (Å²) in [5.74, 6) is -0.270. The highest BCUT2D eigenvalue weighted by molar-refractivity contribution is 6.34. The molecule has 1 aromatic heterocycles. The van der Waals surface area contributed by atoms with Gasteiger partial charge in [-0.3, -0.25) is 4.79 Å². The van der Waals surface area contributed by atoms with E-state index in [4.69, 9.17) is 23.2 Å². The molecule has 0 spiro atoms. The minimum Gasteiger partial charge on any atom is -0.348 e. The van der Waals surface area contributed by atoms with Gasteiger partial charge in [-0.15, -0.1) is 10.2 Å². The van der Waals surface area contributed by atoms with Gasteiger partial charge in [-0.05, 0) is 38.9 Å². The van der Waals surface area contributed by atoms with Crippen molar-refractivity contribution in [3.05, 3.63) is 21.9 Å². The molecule has 19 heavy (non-hydrogen) atoms. The van der Waals surface area contributed by atoms with E-state index in [-0.39, 0.29) is 27.8 Å². The molecule has 5 nitrogen and oxygen atoms in total. The standard InChI is InChI=1S/C12H16Cl2N4O/c1-8(7-18-4-2-3-5-18)15-12(19)9-6-10(13)16-17-11(9)14/h6,8H,2-5,7H2,1H3,(H,15,19). The third kappa shape index (κ3) is 4.03. The molecule has 7 heteroatoms. The predicted molar refractivity (Wildman–Crippen MR) is 74.7 cm³/mol. The summed E-state index contributed by atoms with van der Waals surface area (Å²) in [6.45, 7) is 5.02. The molecule has 1 saturated heterocycles. The van der Waals surface area contributed by atoms with Gasteiger partial charge >= 0.3 is 0 Å². The Kier molecular flexibility index (Phi) is 4.96. The Hall–Kier alpha value is -0.910. The molecule has 0 radical (unpaired) electrons. The molecule has 1 aromatic rings. The monoisotopic (exact) mass is 302 g/mol. The second kappa shape index (κ2) is 6.50. The third-order valence-corrected chi connectivity index (χ3v) is 3.54. The molecule has 0 bridgehead atoms. The lowest BCUT2D eigenvalue weighted by atomic mass is 10.2. The Bertz CT molecular complexity index is 463. The molecule has 1 atom stereocenters. The lowest BCUT2D eigenvalue weighted by molar-refractivity contribution is 0.0931. The third-order valence-electron chi connectivity index (χ3n) is 3.07. The summed E-state index contributed by atoms with van der Waals surface area (Å²) in [4.78, 5) is 14.4. The zero-order chi connectivity index (χ0) is 13.8. The number of carbonyl (C=O) groups is 1. The Balaban J connectivity index is 1.94. The van der Waals surface area contributed by atoms with Crippen molar-refractivity contribution in [1.82, 2.24) is 20.4 Å². The van der Waals surface area contributed by atoms with E-state index in [0.29, 0.717) is 0 Å². The summed E-state index contributed by atoms with van der Waals surface area (Å²) in [6.07, 6.45) is 2.47. The largest absolute Gasteiger partial charge is 0.348 e. The van der Waals surface area contributed by atoms with Crippen LogP contribution in [0.5, 0.6) is 0 Å². The molecular weight excluding hydrogens is 287 g/mol. The second-order valence-corrected chi connectivity index (χ2v) is 5.50. The number of likely N-dealkylation sites (tertiary alicyclic amines) is 1. The molecule has 2 heterocycles. The fourth-order valence-electron chi connectivity index (χ4n) is 2.21. The molecule has 2 rings (SSSR count). The van der Waals surface area contributed by atoms with Crippen molar-refractivity contribution in [2.45, 2.75) is 25.8 Å². The van der Waals surface area contributed by atoms with Gasteiger partial charge in [0.15, 0.2) is 10.3 Å². The predicted octanol–water partition coefficient (Wildman–Crippen LogP) is 2.00. The average Bonchev–Trinajstić information content (AvgIpc) is 2.84. The molecule has 0 aromatic carbocycles. The van der Waals surface area contributed by atoms with Crippen LogP contribution in [0.1, 0.15) is 30.1 Å². The van der Waals surface area contributed by atoms with Gasteiger partial charge < -0.3 is 10.2 Å². The molecule has 1 N–H and O–H groups in total. The highest BCUT2D eigenvalue weighted by atomic mass is 35.5. The fourth-order valence-corrected chi connectivity index (χ4v) is 2.54. The van der Waals surface area contributed by atoms with E-state index in [0.717, 1.165) is 19.6 Å². The SMILES string of the molecule is CC(CN1CCCC1)NC(=O)c1cc(Cl)nnc1Cl. The maximum atomic E-state index is 12.1. The molecule has 1 aliphatic rings. The summed E-state index contributed by atoms with van der Waals surface area (Å²) in [5.41, 5.74) is 0.259. The normalized spacial score (nSPS) is 17.4. The molecule has 1 aliphatic heterocycles. The van der Waals surface area contributed by atoms with Crippen LogP contribution in [-0.2, 0) is 0 Å². The minimum absolute atomic E-state index is 0.0496. The number of hydrogen-bond acceptors (Lipinski definition) is 4. The van der Waals surface area contributed by atoms with Crippen LogP contribution in [0.4, 0.5) is 0 Å². The number of amides is 1. The number of carbonyl (C=O) groups excluding carboxylic acids is 1. The quantitative estimate of drug-likeness (QED) is 0.924. The van der Waals surface area contributed by atoms with E-state index >= 15 is 0 Å². The molecule has 104 valence electrons. The highest BCUT2D eigenvalue weighted by Gasteiger charge is 2.18. The van der Waals surface area contributed by atoms with Gasteiger partial charge in [0.2, 0.25) is 0 Å². The van der Waals surface area contributed by atoms with Gasteiger partial charge in [-0.2, -0.15) is 0 Å². The van der Waals surface area contributed by atoms with E-state index < -0.39 is 0 Å². The zero-order valence-corrected chi connectivity index (χ0v) is 12.2. The summed E-state index contributed by atoms with van der Waals surface area (Å²) in [7, 11) is 0. The number of hydrogen-bond donors (Lipinski definition) is 1. The van der Waals surface area contributed by atoms with Crippen molar-refractivity contribution in [3.8, 4) is 0 Å². The first-order valence-electron chi connectivity index (χ1n) is 6.28. The second-order valence-electron chi connectivity index (χ2n) is 4.75. The van der Waals surface area contributed by atoms with Crippen LogP contribution in [-0.4, -0.2) is 46.7 Å². The van der Waals surface area contributed by atoms with Crippen LogP contribution in [0, 0.1) is 0 Å². The van der Waals surface area contributed by atoms with Gasteiger partial charge in [0.25, 0.3) is 5.91 Å². The van der Waals surface area contributed by atoms with Crippen molar-refractivity contribution < 1.29 is 4.79 Å². The summed E-state index contributed by atoms with van der Waals surface area (Å²) in [6, 6.07) is 1.48. The summed E-state index contributed by atoms with van der Waals surface area (Å²) >= 11 is 11.6. The Morgan fingerprint density at radius 1 is 1.42 bits per heavy atom. The van der Waals surface area contributed by atoms with E-state index in [9.17, 15) is 4.79 Å². The Labute approximate surface area is 122 Å². The molecule has 0 aliphatic carbocycles. The van der Waals surface area contributed by atoms with Gasteiger partial charge in [0, 0.05) is 12.6 Å². The van der Waals surface area contributed by atoms with Gasteiger partial charge in [-0.25, -0.2) is 0 Å². The van der Waals surface area contributed by atoms with E-state index in [1.807, 2.05) is 6.92 Å². The smallest absolute Gasteiger partial charge is 0.254 e. The number of rotatable bonds is 4. The van der Waals surface area contributed by atoms with E-state index in [1.54, 1.807) is 0 Å². The Morgan fingerprint density at radius 3 is 2.79 bits per heavy atom. The molecule has 0 saturated carbocycles. The maximum absolute atomic E-state index is 12.1. The first-order valence-corrected chi connectivity index (χ1v) is 7.04. The van der Waals surface area contributed by atoms with Gasteiger partial charge in [-0.1, -0.05) is 23.2 Å². The molecule has 1 fully saturated rings.